The summed E-state index contributed by atoms with van der Waals surface area (Å²) in [5.41, 5.74) is 1.90. The van der Waals surface area contributed by atoms with Gasteiger partial charge in [-0.1, -0.05) is 12.1 Å². The van der Waals surface area contributed by atoms with Crippen LogP contribution >= 0.6 is 0 Å². The SMILES string of the molecule is COc1ccc(/C=C\C(=O)NCCc2ccc(OC)c(OC)c2)cc1OC. The standard InChI is InChI=1S/C21H25NO5/c1-24-17-8-5-15(13-19(17)26-3)7-10-21(23)22-12-11-16-6-9-18(25-2)20(14-16)27-4/h5-10,13-14H,11-12H2,1-4H3,(H,22,23)/b10-7-. The molecule has 0 radical (unpaired) electrons. The molecule has 0 bridgehead atoms. The zero-order valence-corrected chi connectivity index (χ0v) is 16.1. The fourth-order valence-corrected chi connectivity index (χ4v) is 2.55. The predicted octanol–water partition coefficient (Wildman–Crippen LogP) is 3.09. The van der Waals surface area contributed by atoms with Gasteiger partial charge in [0.1, 0.15) is 0 Å². The lowest BCUT2D eigenvalue weighted by atomic mass is 10.1. The van der Waals surface area contributed by atoms with Crippen molar-refractivity contribution in [3.8, 4) is 23.0 Å². The van der Waals surface area contributed by atoms with Gasteiger partial charge in [0.05, 0.1) is 28.4 Å². The van der Waals surface area contributed by atoms with Crippen molar-refractivity contribution in [3.05, 3.63) is 53.6 Å². The molecule has 0 spiro atoms. The molecule has 2 rings (SSSR count). The van der Waals surface area contributed by atoms with Gasteiger partial charge in [-0.3, -0.25) is 4.79 Å². The van der Waals surface area contributed by atoms with E-state index in [9.17, 15) is 4.79 Å². The summed E-state index contributed by atoms with van der Waals surface area (Å²) in [6.45, 7) is 0.518. The number of benzene rings is 2. The minimum absolute atomic E-state index is 0.162. The van der Waals surface area contributed by atoms with E-state index in [0.717, 1.165) is 11.1 Å². The number of ether oxygens (including phenoxy) is 4. The lowest BCUT2D eigenvalue weighted by Crippen LogP contribution is -2.23. The fraction of sp³-hybridized carbons (Fsp3) is 0.286. The Morgan fingerprint density at radius 3 is 2.07 bits per heavy atom. The molecule has 0 saturated carbocycles. The molecule has 2 aromatic rings. The van der Waals surface area contributed by atoms with Crippen LogP contribution in [0.4, 0.5) is 0 Å². The lowest BCUT2D eigenvalue weighted by Gasteiger charge is -2.09. The summed E-state index contributed by atoms with van der Waals surface area (Å²) in [6.07, 6.45) is 3.92. The van der Waals surface area contributed by atoms with Crippen LogP contribution in [0.3, 0.4) is 0 Å². The van der Waals surface area contributed by atoms with Crippen molar-refractivity contribution in [2.24, 2.45) is 0 Å². The molecule has 0 aliphatic carbocycles. The van der Waals surface area contributed by atoms with Gasteiger partial charge < -0.3 is 24.3 Å². The first-order valence-corrected chi connectivity index (χ1v) is 8.50. The Balaban J connectivity index is 1.88. The van der Waals surface area contributed by atoms with Gasteiger partial charge in [-0.25, -0.2) is 0 Å². The molecule has 2 aromatic carbocycles. The van der Waals surface area contributed by atoms with Crippen LogP contribution in [0.15, 0.2) is 42.5 Å². The third kappa shape index (κ3) is 5.67. The number of hydrogen-bond acceptors (Lipinski definition) is 5. The van der Waals surface area contributed by atoms with E-state index >= 15 is 0 Å². The molecule has 0 atom stereocenters. The second kappa shape index (κ2) is 10.1. The van der Waals surface area contributed by atoms with Gasteiger partial charge >= 0.3 is 0 Å². The molecule has 0 heterocycles. The molecule has 0 aliphatic rings. The molecule has 6 heteroatoms. The van der Waals surface area contributed by atoms with Crippen LogP contribution < -0.4 is 24.3 Å². The highest BCUT2D eigenvalue weighted by molar-refractivity contribution is 5.91. The van der Waals surface area contributed by atoms with Crippen molar-refractivity contribution < 1.29 is 23.7 Å². The number of rotatable bonds is 9. The molecule has 144 valence electrons. The van der Waals surface area contributed by atoms with Crippen molar-refractivity contribution >= 4 is 12.0 Å². The Labute approximate surface area is 159 Å². The smallest absolute Gasteiger partial charge is 0.244 e. The van der Waals surface area contributed by atoms with Crippen LogP contribution in [0, 0.1) is 0 Å². The summed E-state index contributed by atoms with van der Waals surface area (Å²) < 4.78 is 21.0. The quantitative estimate of drug-likeness (QED) is 0.686. The zero-order chi connectivity index (χ0) is 19.6. The Bertz CT molecular complexity index is 801. The number of carbonyl (C=O) groups excluding carboxylic acids is 1. The van der Waals surface area contributed by atoms with E-state index in [1.54, 1.807) is 40.6 Å². The lowest BCUT2D eigenvalue weighted by molar-refractivity contribution is -0.116. The van der Waals surface area contributed by atoms with Crippen molar-refractivity contribution in [2.45, 2.75) is 6.42 Å². The van der Waals surface area contributed by atoms with Crippen LogP contribution in [0.2, 0.25) is 0 Å². The zero-order valence-electron chi connectivity index (χ0n) is 16.1. The van der Waals surface area contributed by atoms with E-state index in [2.05, 4.69) is 5.32 Å². The number of nitrogens with one attached hydrogen (secondary N) is 1. The molecule has 0 aliphatic heterocycles. The maximum atomic E-state index is 12.0. The first-order chi connectivity index (χ1) is 13.1. The van der Waals surface area contributed by atoms with E-state index in [1.165, 1.54) is 6.08 Å². The molecule has 0 aromatic heterocycles. The van der Waals surface area contributed by atoms with Gasteiger partial charge in [0.15, 0.2) is 23.0 Å². The average Bonchev–Trinajstić information content (AvgIpc) is 2.71. The Hall–Kier alpha value is -3.15. The Morgan fingerprint density at radius 2 is 1.44 bits per heavy atom. The third-order valence-corrected chi connectivity index (χ3v) is 4.00. The molecule has 1 N–H and O–H groups in total. The predicted molar refractivity (Wildman–Crippen MR) is 105 cm³/mol. The molecule has 0 fully saturated rings. The minimum Gasteiger partial charge on any atom is -0.493 e. The first kappa shape index (κ1) is 20.2. The average molecular weight is 371 g/mol. The van der Waals surface area contributed by atoms with Gasteiger partial charge in [-0.15, -0.1) is 0 Å². The van der Waals surface area contributed by atoms with E-state index < -0.39 is 0 Å². The van der Waals surface area contributed by atoms with Gasteiger partial charge in [0.2, 0.25) is 5.91 Å². The number of methoxy groups -OCH3 is 4. The van der Waals surface area contributed by atoms with E-state index in [4.69, 9.17) is 18.9 Å². The second-order valence-electron chi connectivity index (χ2n) is 5.68. The van der Waals surface area contributed by atoms with Crippen LogP contribution in [0.5, 0.6) is 23.0 Å². The number of carbonyl (C=O) groups is 1. The summed E-state index contributed by atoms with van der Waals surface area (Å²) in [6, 6.07) is 11.2. The Morgan fingerprint density at radius 1 is 0.852 bits per heavy atom. The van der Waals surface area contributed by atoms with Crippen molar-refractivity contribution in [2.75, 3.05) is 35.0 Å². The van der Waals surface area contributed by atoms with Gasteiger partial charge in [0, 0.05) is 12.6 Å². The highest BCUT2D eigenvalue weighted by Crippen LogP contribution is 2.28. The van der Waals surface area contributed by atoms with Crippen LogP contribution in [-0.2, 0) is 11.2 Å². The minimum atomic E-state index is -0.162. The van der Waals surface area contributed by atoms with Gasteiger partial charge in [-0.2, -0.15) is 0 Å². The molecular weight excluding hydrogens is 346 g/mol. The van der Waals surface area contributed by atoms with E-state index in [0.29, 0.717) is 36.0 Å². The van der Waals surface area contributed by atoms with Crippen molar-refractivity contribution in [3.63, 3.8) is 0 Å². The summed E-state index contributed by atoms with van der Waals surface area (Å²) >= 11 is 0. The highest BCUT2D eigenvalue weighted by atomic mass is 16.5. The van der Waals surface area contributed by atoms with Crippen molar-refractivity contribution in [1.29, 1.82) is 0 Å². The summed E-state index contributed by atoms with van der Waals surface area (Å²) in [5.74, 6) is 2.46. The molecule has 0 unspecified atom stereocenters. The largest absolute Gasteiger partial charge is 0.493 e. The topological polar surface area (TPSA) is 66.0 Å². The molecule has 1 amide bonds. The molecule has 27 heavy (non-hydrogen) atoms. The van der Waals surface area contributed by atoms with E-state index in [-0.39, 0.29) is 5.91 Å². The van der Waals surface area contributed by atoms with Gasteiger partial charge in [-0.05, 0) is 47.9 Å². The molecular formula is C21H25NO5. The summed E-state index contributed by atoms with van der Waals surface area (Å²) in [7, 11) is 6.36. The van der Waals surface area contributed by atoms with Crippen LogP contribution in [0.25, 0.3) is 6.08 Å². The normalized spacial score (nSPS) is 10.5. The fourth-order valence-electron chi connectivity index (χ4n) is 2.55. The van der Waals surface area contributed by atoms with Gasteiger partial charge in [0.25, 0.3) is 0 Å². The molecule has 0 saturated heterocycles. The first-order valence-electron chi connectivity index (χ1n) is 8.50. The third-order valence-electron chi connectivity index (χ3n) is 4.00. The number of hydrogen-bond donors (Lipinski definition) is 1. The molecule has 6 nitrogen and oxygen atoms in total. The van der Waals surface area contributed by atoms with Crippen LogP contribution in [0.1, 0.15) is 11.1 Å². The maximum absolute atomic E-state index is 12.0. The van der Waals surface area contributed by atoms with E-state index in [1.807, 2.05) is 30.3 Å². The monoisotopic (exact) mass is 371 g/mol. The summed E-state index contributed by atoms with van der Waals surface area (Å²) in [5, 5.41) is 2.86. The Kier molecular flexibility index (Phi) is 7.55. The second-order valence-corrected chi connectivity index (χ2v) is 5.68. The number of amides is 1. The van der Waals surface area contributed by atoms with Crippen molar-refractivity contribution in [1.82, 2.24) is 5.32 Å². The summed E-state index contributed by atoms with van der Waals surface area (Å²) in [4.78, 5) is 12.0. The maximum Gasteiger partial charge on any atom is 0.244 e. The highest BCUT2D eigenvalue weighted by Gasteiger charge is 2.05. The van der Waals surface area contributed by atoms with Crippen LogP contribution in [-0.4, -0.2) is 40.9 Å².